The highest BCUT2D eigenvalue weighted by Crippen LogP contribution is 2.42. The van der Waals surface area contributed by atoms with Gasteiger partial charge in [0.15, 0.2) is 0 Å². The number of halogens is 1. The van der Waals surface area contributed by atoms with Crippen molar-refractivity contribution >= 4 is 5.97 Å². The molecule has 1 aliphatic heterocycles. The van der Waals surface area contributed by atoms with E-state index in [1.165, 1.54) is 13.2 Å². The number of hydrogen-bond acceptors (Lipinski definition) is 6. The largest absolute Gasteiger partial charge is 0.486 e. The van der Waals surface area contributed by atoms with Crippen molar-refractivity contribution in [2.45, 2.75) is 57.7 Å². The van der Waals surface area contributed by atoms with Crippen molar-refractivity contribution in [1.82, 2.24) is 4.98 Å². The second-order valence-electron chi connectivity index (χ2n) is 9.81. The lowest BCUT2D eigenvalue weighted by molar-refractivity contribution is -0.140. The van der Waals surface area contributed by atoms with E-state index in [0.29, 0.717) is 43.2 Å². The van der Waals surface area contributed by atoms with Crippen molar-refractivity contribution in [3.8, 4) is 34.6 Å². The summed E-state index contributed by atoms with van der Waals surface area (Å²) in [4.78, 5) is 16.5. The summed E-state index contributed by atoms with van der Waals surface area (Å²) in [6.07, 6.45) is 2.05. The minimum absolute atomic E-state index is 0.0306. The average Bonchev–Trinajstić information content (AvgIpc) is 3.60. The predicted molar refractivity (Wildman–Crippen MR) is 145 cm³/mol. The van der Waals surface area contributed by atoms with Crippen molar-refractivity contribution in [2.24, 2.45) is 0 Å². The van der Waals surface area contributed by atoms with Crippen LogP contribution in [-0.4, -0.2) is 37.4 Å². The van der Waals surface area contributed by atoms with Crippen LogP contribution in [0.5, 0.6) is 11.6 Å². The molecule has 0 amide bonds. The highest BCUT2D eigenvalue weighted by molar-refractivity contribution is 5.72. The molecule has 0 unspecified atom stereocenters. The van der Waals surface area contributed by atoms with E-state index in [4.69, 9.17) is 18.9 Å². The number of methoxy groups -OCH3 is 1. The second-order valence-corrected chi connectivity index (χ2v) is 9.81. The van der Waals surface area contributed by atoms with Gasteiger partial charge >= 0.3 is 5.97 Å². The van der Waals surface area contributed by atoms with Gasteiger partial charge in [0.2, 0.25) is 5.88 Å². The van der Waals surface area contributed by atoms with E-state index in [9.17, 15) is 4.79 Å². The molecule has 7 heteroatoms. The van der Waals surface area contributed by atoms with Gasteiger partial charge in [-0.05, 0) is 67.6 Å². The standard InChI is InChI=1S/C32H32FNO5/c1-4-5-22(18-31(35)36-3)21-6-8-23(9-7-21)38-29-14-11-27-26(10-13-28(33)32(27)29)25-12-15-30(34-20(25)2)39-24-16-17-37-19-24/h6-10,12-13,15,22,24,29H,11,14,16-19H2,1-3H3/t22-,24+,29+/m0/s1. The maximum absolute atomic E-state index is 15.2. The van der Waals surface area contributed by atoms with Crippen LogP contribution in [-0.2, 0) is 20.7 Å². The van der Waals surface area contributed by atoms with Crippen LogP contribution in [0.2, 0.25) is 0 Å². The number of benzene rings is 2. The molecule has 2 heterocycles. The van der Waals surface area contributed by atoms with Gasteiger partial charge in [-0.3, -0.25) is 4.79 Å². The van der Waals surface area contributed by atoms with Crippen LogP contribution in [0.1, 0.15) is 60.6 Å². The van der Waals surface area contributed by atoms with E-state index in [-0.39, 0.29) is 30.2 Å². The highest BCUT2D eigenvalue weighted by atomic mass is 19.1. The van der Waals surface area contributed by atoms with Crippen LogP contribution in [0.25, 0.3) is 11.1 Å². The molecule has 1 fully saturated rings. The molecule has 0 radical (unpaired) electrons. The van der Waals surface area contributed by atoms with Crippen LogP contribution < -0.4 is 9.47 Å². The second kappa shape index (κ2) is 11.9. The van der Waals surface area contributed by atoms with E-state index in [0.717, 1.165) is 34.4 Å². The summed E-state index contributed by atoms with van der Waals surface area (Å²) in [6, 6.07) is 14.7. The monoisotopic (exact) mass is 529 g/mol. The van der Waals surface area contributed by atoms with Gasteiger partial charge in [-0.2, -0.15) is 0 Å². The summed E-state index contributed by atoms with van der Waals surface area (Å²) >= 11 is 0. The molecular weight excluding hydrogens is 497 g/mol. The minimum Gasteiger partial charge on any atom is -0.486 e. The van der Waals surface area contributed by atoms with Crippen molar-refractivity contribution in [3.63, 3.8) is 0 Å². The lowest BCUT2D eigenvalue weighted by Gasteiger charge is -2.18. The Balaban J connectivity index is 1.35. The summed E-state index contributed by atoms with van der Waals surface area (Å²) in [5.41, 5.74) is 5.21. The molecule has 5 rings (SSSR count). The molecule has 6 nitrogen and oxygen atoms in total. The first-order valence-electron chi connectivity index (χ1n) is 13.3. The number of nitrogens with zero attached hydrogens (tertiary/aromatic N) is 1. The van der Waals surface area contributed by atoms with Crippen LogP contribution in [0.3, 0.4) is 0 Å². The fourth-order valence-electron chi connectivity index (χ4n) is 5.33. The average molecular weight is 530 g/mol. The summed E-state index contributed by atoms with van der Waals surface area (Å²) in [5.74, 6) is 6.32. The van der Waals surface area contributed by atoms with Gasteiger partial charge in [0.1, 0.15) is 23.8 Å². The third kappa shape index (κ3) is 5.91. The summed E-state index contributed by atoms with van der Waals surface area (Å²) in [6.45, 7) is 4.98. The van der Waals surface area contributed by atoms with Gasteiger partial charge < -0.3 is 18.9 Å². The molecule has 2 aromatic carbocycles. The van der Waals surface area contributed by atoms with Gasteiger partial charge in [-0.15, -0.1) is 5.92 Å². The lowest BCUT2D eigenvalue weighted by atomic mass is 9.95. The summed E-state index contributed by atoms with van der Waals surface area (Å²) < 4.78 is 37.6. The zero-order valence-corrected chi connectivity index (χ0v) is 22.5. The number of pyridine rings is 1. The van der Waals surface area contributed by atoms with Gasteiger partial charge in [0.05, 0.1) is 32.7 Å². The number of aromatic nitrogens is 1. The molecule has 1 aromatic heterocycles. The number of rotatable bonds is 8. The van der Waals surface area contributed by atoms with E-state index >= 15 is 4.39 Å². The van der Waals surface area contributed by atoms with Crippen molar-refractivity contribution in [1.29, 1.82) is 0 Å². The van der Waals surface area contributed by atoms with E-state index in [2.05, 4.69) is 16.8 Å². The Kier molecular flexibility index (Phi) is 8.13. The maximum Gasteiger partial charge on any atom is 0.307 e. The number of esters is 1. The topological polar surface area (TPSA) is 66.9 Å². The molecule has 0 saturated carbocycles. The highest BCUT2D eigenvalue weighted by Gasteiger charge is 2.31. The normalized spacial score (nSPS) is 18.6. The third-order valence-electron chi connectivity index (χ3n) is 7.29. The molecule has 1 saturated heterocycles. The summed E-state index contributed by atoms with van der Waals surface area (Å²) in [7, 11) is 1.37. The number of aryl methyl sites for hydroxylation is 1. The van der Waals surface area contributed by atoms with Gasteiger partial charge in [-0.1, -0.05) is 24.1 Å². The van der Waals surface area contributed by atoms with Crippen molar-refractivity contribution < 1.29 is 28.1 Å². The molecule has 0 spiro atoms. The van der Waals surface area contributed by atoms with E-state index in [1.54, 1.807) is 6.92 Å². The molecule has 202 valence electrons. The number of carbonyl (C=O) groups excluding carboxylic acids is 1. The molecular formula is C32H32FNO5. The van der Waals surface area contributed by atoms with Crippen LogP contribution >= 0.6 is 0 Å². The number of ether oxygens (including phenoxy) is 4. The third-order valence-corrected chi connectivity index (χ3v) is 7.29. The van der Waals surface area contributed by atoms with Gasteiger partial charge in [0.25, 0.3) is 0 Å². The first-order chi connectivity index (χ1) is 19.0. The first-order valence-corrected chi connectivity index (χ1v) is 13.3. The Morgan fingerprint density at radius 1 is 1.10 bits per heavy atom. The lowest BCUT2D eigenvalue weighted by Crippen LogP contribution is -2.16. The van der Waals surface area contributed by atoms with Crippen LogP contribution in [0, 0.1) is 24.6 Å². The Morgan fingerprint density at radius 3 is 2.59 bits per heavy atom. The van der Waals surface area contributed by atoms with Gasteiger partial charge in [0, 0.05) is 29.3 Å². The molecule has 39 heavy (non-hydrogen) atoms. The minimum atomic E-state index is -0.398. The SMILES string of the molecule is CC#C[C@@H](CC(=O)OC)c1ccc(O[C@@H]2CCc3c(-c4ccc(O[C@@H]5CCOC5)nc4C)ccc(F)c32)cc1. The number of hydrogen-bond donors (Lipinski definition) is 0. The molecule has 0 bridgehead atoms. The number of fused-ring (bicyclic) bond motifs is 1. The first kappa shape index (κ1) is 26.7. The molecule has 0 N–H and O–H groups in total. The Bertz CT molecular complexity index is 1400. The fourth-order valence-corrected chi connectivity index (χ4v) is 5.33. The molecule has 3 aromatic rings. The number of carbonyl (C=O) groups is 1. The zero-order chi connectivity index (χ0) is 27.4. The van der Waals surface area contributed by atoms with Crippen molar-refractivity contribution in [3.05, 3.63) is 76.7 Å². The maximum atomic E-state index is 15.2. The molecule has 1 aliphatic carbocycles. The Morgan fingerprint density at radius 2 is 1.90 bits per heavy atom. The fraction of sp³-hybridized carbons (Fsp3) is 0.375. The molecule has 3 atom stereocenters. The predicted octanol–water partition coefficient (Wildman–Crippen LogP) is 6.10. The van der Waals surface area contributed by atoms with Crippen LogP contribution in [0.15, 0.2) is 48.5 Å². The van der Waals surface area contributed by atoms with E-state index in [1.807, 2.05) is 49.4 Å². The van der Waals surface area contributed by atoms with Crippen LogP contribution in [0.4, 0.5) is 4.39 Å². The quantitative estimate of drug-likeness (QED) is 0.260. The zero-order valence-electron chi connectivity index (χ0n) is 22.5. The molecule has 2 aliphatic rings. The smallest absolute Gasteiger partial charge is 0.307 e. The van der Waals surface area contributed by atoms with Crippen molar-refractivity contribution in [2.75, 3.05) is 20.3 Å². The summed E-state index contributed by atoms with van der Waals surface area (Å²) in [5, 5.41) is 0. The Labute approximate surface area is 228 Å². The Hall–Kier alpha value is -3.89. The van der Waals surface area contributed by atoms with E-state index < -0.39 is 6.10 Å². The van der Waals surface area contributed by atoms with Gasteiger partial charge in [-0.25, -0.2) is 9.37 Å².